The van der Waals surface area contributed by atoms with Gasteiger partial charge in [0.25, 0.3) is 0 Å². The van der Waals surface area contributed by atoms with E-state index in [2.05, 4.69) is 5.32 Å². The molecule has 0 amide bonds. The Bertz CT molecular complexity index is 574. The van der Waals surface area contributed by atoms with Crippen LogP contribution in [0.2, 0.25) is 0 Å². The lowest BCUT2D eigenvalue weighted by Crippen LogP contribution is -2.42. The number of benzene rings is 1. The third kappa shape index (κ3) is 4.73. The first kappa shape index (κ1) is 17.3. The number of phenolic OH excluding ortho intramolecular Hbond substituents is 1. The van der Waals surface area contributed by atoms with Crippen molar-refractivity contribution in [3.8, 4) is 11.5 Å². The second kappa shape index (κ2) is 7.51. The Labute approximate surface area is 137 Å². The van der Waals surface area contributed by atoms with Gasteiger partial charge >= 0.3 is 5.97 Å². The molecule has 0 unspecified atom stereocenters. The van der Waals surface area contributed by atoms with Gasteiger partial charge in [0.2, 0.25) is 0 Å². The number of hydrogen-bond donors (Lipinski definition) is 2. The molecular formula is C18H25NO4. The Balaban J connectivity index is 1.98. The summed E-state index contributed by atoms with van der Waals surface area (Å²) in [6.45, 7) is 5.88. The van der Waals surface area contributed by atoms with Gasteiger partial charge in [-0.15, -0.1) is 0 Å². The molecule has 0 saturated carbocycles. The Hall–Kier alpha value is -2.01. The van der Waals surface area contributed by atoms with Crippen molar-refractivity contribution < 1.29 is 19.4 Å². The lowest BCUT2D eigenvalue weighted by molar-refractivity contribution is -0.156. The normalized spacial score (nSPS) is 16.5. The van der Waals surface area contributed by atoms with Crippen LogP contribution in [0.4, 0.5) is 0 Å². The molecule has 1 aliphatic heterocycles. The fourth-order valence-corrected chi connectivity index (χ4v) is 2.86. The molecule has 5 nitrogen and oxygen atoms in total. The third-order valence-electron chi connectivity index (χ3n) is 4.30. The van der Waals surface area contributed by atoms with Crippen LogP contribution < -0.4 is 10.1 Å². The van der Waals surface area contributed by atoms with E-state index >= 15 is 0 Å². The molecule has 1 fully saturated rings. The number of phenols is 1. The van der Waals surface area contributed by atoms with E-state index in [-0.39, 0.29) is 11.7 Å². The first-order valence-corrected chi connectivity index (χ1v) is 7.91. The highest BCUT2D eigenvalue weighted by Crippen LogP contribution is 2.29. The molecule has 23 heavy (non-hydrogen) atoms. The van der Waals surface area contributed by atoms with Gasteiger partial charge < -0.3 is 19.9 Å². The van der Waals surface area contributed by atoms with Crippen molar-refractivity contribution in [2.45, 2.75) is 32.3 Å². The number of nitrogens with one attached hydrogen (secondary N) is 1. The predicted octanol–water partition coefficient (Wildman–Crippen LogP) is 2.74. The predicted molar refractivity (Wildman–Crippen MR) is 89.5 cm³/mol. The first-order chi connectivity index (χ1) is 10.9. The maximum Gasteiger partial charge on any atom is 0.331 e. The Morgan fingerprint density at radius 3 is 2.70 bits per heavy atom. The fourth-order valence-electron chi connectivity index (χ4n) is 2.86. The molecule has 126 valence electrons. The SMILES string of the molecule is COc1cc(/C=C/C(=O)OC(C)(C)C2CCNCC2)ccc1O. The Morgan fingerprint density at radius 2 is 2.04 bits per heavy atom. The minimum absolute atomic E-state index is 0.0688. The molecule has 0 aliphatic carbocycles. The highest BCUT2D eigenvalue weighted by molar-refractivity contribution is 5.87. The van der Waals surface area contributed by atoms with Crippen molar-refractivity contribution in [3.63, 3.8) is 0 Å². The molecule has 1 aromatic rings. The average Bonchev–Trinajstić information content (AvgIpc) is 2.54. The number of carbonyl (C=O) groups excluding carboxylic acids is 1. The van der Waals surface area contributed by atoms with Crippen LogP contribution in [0.3, 0.4) is 0 Å². The zero-order valence-corrected chi connectivity index (χ0v) is 14.0. The van der Waals surface area contributed by atoms with Crippen molar-refractivity contribution in [2.75, 3.05) is 20.2 Å². The van der Waals surface area contributed by atoms with Gasteiger partial charge in [-0.3, -0.25) is 0 Å². The van der Waals surface area contributed by atoms with E-state index in [0.717, 1.165) is 31.5 Å². The molecule has 0 aromatic heterocycles. The number of rotatable bonds is 5. The maximum absolute atomic E-state index is 12.1. The van der Waals surface area contributed by atoms with Gasteiger partial charge in [-0.2, -0.15) is 0 Å². The molecule has 5 heteroatoms. The lowest BCUT2D eigenvalue weighted by atomic mass is 9.83. The first-order valence-electron chi connectivity index (χ1n) is 7.91. The molecule has 1 aliphatic rings. The number of carbonyl (C=O) groups is 1. The van der Waals surface area contributed by atoms with Crippen molar-refractivity contribution in [1.29, 1.82) is 0 Å². The van der Waals surface area contributed by atoms with Gasteiger partial charge in [-0.05, 0) is 63.6 Å². The molecule has 1 heterocycles. The van der Waals surface area contributed by atoms with E-state index in [1.165, 1.54) is 19.3 Å². The lowest BCUT2D eigenvalue weighted by Gasteiger charge is -2.36. The van der Waals surface area contributed by atoms with Crippen molar-refractivity contribution >= 4 is 12.0 Å². The van der Waals surface area contributed by atoms with Gasteiger partial charge in [0.05, 0.1) is 7.11 Å². The van der Waals surface area contributed by atoms with Crippen molar-refractivity contribution in [3.05, 3.63) is 29.8 Å². The zero-order valence-electron chi connectivity index (χ0n) is 14.0. The molecule has 0 bridgehead atoms. The van der Waals surface area contributed by atoms with E-state index in [9.17, 15) is 9.90 Å². The van der Waals surface area contributed by atoms with Gasteiger partial charge in [0.15, 0.2) is 11.5 Å². The minimum atomic E-state index is -0.476. The number of hydrogen-bond acceptors (Lipinski definition) is 5. The topological polar surface area (TPSA) is 67.8 Å². The summed E-state index contributed by atoms with van der Waals surface area (Å²) in [5.41, 5.74) is 0.284. The van der Waals surface area contributed by atoms with E-state index in [4.69, 9.17) is 9.47 Å². The summed E-state index contributed by atoms with van der Waals surface area (Å²) in [5.74, 6) is 0.449. The molecule has 0 radical (unpaired) electrons. The summed E-state index contributed by atoms with van der Waals surface area (Å²) in [6.07, 6.45) is 5.09. The van der Waals surface area contributed by atoms with Crippen LogP contribution >= 0.6 is 0 Å². The highest BCUT2D eigenvalue weighted by atomic mass is 16.6. The van der Waals surface area contributed by atoms with Gasteiger partial charge in [-0.1, -0.05) is 6.07 Å². The smallest absolute Gasteiger partial charge is 0.331 e. The fraction of sp³-hybridized carbons (Fsp3) is 0.500. The highest BCUT2D eigenvalue weighted by Gasteiger charge is 2.33. The summed E-state index contributed by atoms with van der Waals surface area (Å²) in [7, 11) is 1.48. The second-order valence-electron chi connectivity index (χ2n) is 6.31. The van der Waals surface area contributed by atoms with Crippen LogP contribution in [0.15, 0.2) is 24.3 Å². The quantitative estimate of drug-likeness (QED) is 0.645. The summed E-state index contributed by atoms with van der Waals surface area (Å²) in [5, 5.41) is 12.9. The van der Waals surface area contributed by atoms with E-state index in [1.807, 2.05) is 13.8 Å². The number of piperidine rings is 1. The largest absolute Gasteiger partial charge is 0.504 e. The molecule has 0 spiro atoms. The Kier molecular flexibility index (Phi) is 5.66. The number of methoxy groups -OCH3 is 1. The van der Waals surface area contributed by atoms with Crippen LogP contribution in [0.5, 0.6) is 11.5 Å². The molecular weight excluding hydrogens is 294 g/mol. The van der Waals surface area contributed by atoms with E-state index in [1.54, 1.807) is 18.2 Å². The van der Waals surface area contributed by atoms with E-state index in [0.29, 0.717) is 11.7 Å². The van der Waals surface area contributed by atoms with Crippen LogP contribution in [-0.4, -0.2) is 36.9 Å². The summed E-state index contributed by atoms with van der Waals surface area (Å²) < 4.78 is 10.7. The molecule has 0 atom stereocenters. The molecule has 1 saturated heterocycles. The van der Waals surface area contributed by atoms with Crippen LogP contribution in [-0.2, 0) is 9.53 Å². The van der Waals surface area contributed by atoms with Crippen LogP contribution in [0.1, 0.15) is 32.3 Å². The van der Waals surface area contributed by atoms with Crippen LogP contribution in [0, 0.1) is 5.92 Å². The Morgan fingerprint density at radius 1 is 1.35 bits per heavy atom. The van der Waals surface area contributed by atoms with Crippen molar-refractivity contribution in [1.82, 2.24) is 5.32 Å². The monoisotopic (exact) mass is 319 g/mol. The number of esters is 1. The minimum Gasteiger partial charge on any atom is -0.504 e. The second-order valence-corrected chi connectivity index (χ2v) is 6.31. The number of ether oxygens (including phenoxy) is 2. The zero-order chi connectivity index (χ0) is 16.9. The maximum atomic E-state index is 12.1. The van der Waals surface area contributed by atoms with Crippen LogP contribution in [0.25, 0.3) is 6.08 Å². The number of aromatic hydroxyl groups is 1. The van der Waals surface area contributed by atoms with Gasteiger partial charge in [0.1, 0.15) is 5.60 Å². The summed E-state index contributed by atoms with van der Waals surface area (Å²) >= 11 is 0. The standard InChI is InChI=1S/C18H25NO4/c1-18(2,14-8-10-19-11-9-14)23-17(21)7-5-13-4-6-15(20)16(12-13)22-3/h4-7,12,14,19-20H,8-11H2,1-3H3/b7-5+. The van der Waals surface area contributed by atoms with Gasteiger partial charge in [0, 0.05) is 12.0 Å². The average molecular weight is 319 g/mol. The summed E-state index contributed by atoms with van der Waals surface area (Å²) in [4.78, 5) is 12.1. The third-order valence-corrected chi connectivity index (χ3v) is 4.30. The summed E-state index contributed by atoms with van der Waals surface area (Å²) in [6, 6.07) is 4.90. The molecule has 2 rings (SSSR count). The molecule has 1 aromatic carbocycles. The molecule has 2 N–H and O–H groups in total. The van der Waals surface area contributed by atoms with Gasteiger partial charge in [-0.25, -0.2) is 4.79 Å². The van der Waals surface area contributed by atoms with Crippen molar-refractivity contribution in [2.24, 2.45) is 5.92 Å². The van der Waals surface area contributed by atoms with E-state index < -0.39 is 5.60 Å².